The SMILES string of the molecule is CONC(=O)c1cc(F)c(F)cc1Nc1cc(Cl)ncc1Cl. The molecule has 1 aromatic heterocycles. The number of carbonyl (C=O) groups is 1. The molecule has 0 fully saturated rings. The fourth-order valence-corrected chi connectivity index (χ4v) is 1.95. The Morgan fingerprint density at radius 2 is 1.86 bits per heavy atom. The first-order chi connectivity index (χ1) is 10.4. The molecule has 116 valence electrons. The van der Waals surface area contributed by atoms with Crippen LogP contribution in [-0.4, -0.2) is 18.0 Å². The zero-order chi connectivity index (χ0) is 16.3. The van der Waals surface area contributed by atoms with Crippen LogP contribution in [0.25, 0.3) is 0 Å². The maximum absolute atomic E-state index is 13.4. The Balaban J connectivity index is 2.47. The average Bonchev–Trinajstić information content (AvgIpc) is 2.46. The Bertz CT molecular complexity index is 729. The molecule has 0 unspecified atom stereocenters. The van der Waals surface area contributed by atoms with Crippen LogP contribution < -0.4 is 10.8 Å². The first kappa shape index (κ1) is 16.4. The van der Waals surface area contributed by atoms with Crippen LogP contribution in [0, 0.1) is 11.6 Å². The van der Waals surface area contributed by atoms with Gasteiger partial charge in [-0.05, 0) is 6.07 Å². The minimum absolute atomic E-state index is 0.0161. The van der Waals surface area contributed by atoms with E-state index in [9.17, 15) is 13.6 Å². The second-order valence-corrected chi connectivity index (χ2v) is 4.85. The fraction of sp³-hybridized carbons (Fsp3) is 0.0769. The molecular formula is C13H9Cl2F2N3O2. The molecule has 1 heterocycles. The number of benzene rings is 1. The molecular weight excluding hydrogens is 339 g/mol. The van der Waals surface area contributed by atoms with Crippen LogP contribution in [0.15, 0.2) is 24.4 Å². The number of hydroxylamine groups is 1. The molecule has 0 radical (unpaired) electrons. The van der Waals surface area contributed by atoms with Crippen molar-refractivity contribution >= 4 is 40.5 Å². The summed E-state index contributed by atoms with van der Waals surface area (Å²) in [6, 6.07) is 2.94. The number of hydrogen-bond acceptors (Lipinski definition) is 4. The van der Waals surface area contributed by atoms with E-state index >= 15 is 0 Å². The van der Waals surface area contributed by atoms with Gasteiger partial charge in [-0.2, -0.15) is 0 Å². The van der Waals surface area contributed by atoms with Crippen molar-refractivity contribution in [3.8, 4) is 0 Å². The third-order valence-corrected chi connectivity index (χ3v) is 3.10. The van der Waals surface area contributed by atoms with Gasteiger partial charge in [0.1, 0.15) is 5.15 Å². The quantitative estimate of drug-likeness (QED) is 0.653. The highest BCUT2D eigenvalue weighted by Crippen LogP contribution is 2.29. The first-order valence-corrected chi connectivity index (χ1v) is 6.58. The summed E-state index contributed by atoms with van der Waals surface area (Å²) in [4.78, 5) is 20.1. The summed E-state index contributed by atoms with van der Waals surface area (Å²) in [5.74, 6) is -3.07. The van der Waals surface area contributed by atoms with Gasteiger partial charge >= 0.3 is 0 Å². The van der Waals surface area contributed by atoms with Gasteiger partial charge in [0, 0.05) is 18.3 Å². The van der Waals surface area contributed by atoms with Gasteiger partial charge in [0.15, 0.2) is 11.6 Å². The van der Waals surface area contributed by atoms with Gasteiger partial charge in [-0.3, -0.25) is 9.63 Å². The zero-order valence-corrected chi connectivity index (χ0v) is 12.6. The summed E-state index contributed by atoms with van der Waals surface area (Å²) < 4.78 is 26.8. The summed E-state index contributed by atoms with van der Waals surface area (Å²) in [7, 11) is 1.21. The molecule has 2 aromatic rings. The molecule has 22 heavy (non-hydrogen) atoms. The van der Waals surface area contributed by atoms with Crippen molar-refractivity contribution in [1.82, 2.24) is 10.5 Å². The van der Waals surface area contributed by atoms with Gasteiger partial charge in [0.25, 0.3) is 5.91 Å². The Labute approximate surface area is 134 Å². The molecule has 0 aliphatic heterocycles. The standard InChI is InChI=1S/C13H9Cl2F2N3O2/c1-22-20-13(21)6-2-8(16)9(17)3-10(6)19-11-4-12(15)18-5-7(11)14/h2-5H,1H3,(H,18,19)(H,20,21). The molecule has 0 aliphatic carbocycles. The molecule has 0 bridgehead atoms. The van der Waals surface area contributed by atoms with E-state index in [2.05, 4.69) is 15.1 Å². The van der Waals surface area contributed by atoms with Crippen molar-refractivity contribution in [3.05, 3.63) is 51.8 Å². The lowest BCUT2D eigenvalue weighted by Crippen LogP contribution is -2.23. The van der Waals surface area contributed by atoms with Gasteiger partial charge in [-0.15, -0.1) is 0 Å². The number of nitrogens with one attached hydrogen (secondary N) is 2. The monoisotopic (exact) mass is 347 g/mol. The van der Waals surface area contributed by atoms with Crippen LogP contribution in [0.4, 0.5) is 20.2 Å². The van der Waals surface area contributed by atoms with Crippen LogP contribution in [0.1, 0.15) is 10.4 Å². The molecule has 1 amide bonds. The van der Waals surface area contributed by atoms with Crippen molar-refractivity contribution in [2.75, 3.05) is 12.4 Å². The molecule has 2 N–H and O–H groups in total. The van der Waals surface area contributed by atoms with Crippen LogP contribution >= 0.6 is 23.2 Å². The van der Waals surface area contributed by atoms with Gasteiger partial charge in [-0.1, -0.05) is 23.2 Å². The number of nitrogens with zero attached hydrogens (tertiary/aromatic N) is 1. The number of halogens is 4. The predicted molar refractivity (Wildman–Crippen MR) is 78.4 cm³/mol. The molecule has 0 spiro atoms. The van der Waals surface area contributed by atoms with Crippen LogP contribution in [0.3, 0.4) is 0 Å². The van der Waals surface area contributed by atoms with E-state index in [1.54, 1.807) is 0 Å². The lowest BCUT2D eigenvalue weighted by atomic mass is 10.1. The van der Waals surface area contributed by atoms with E-state index < -0.39 is 17.5 Å². The summed E-state index contributed by atoms with van der Waals surface area (Å²) >= 11 is 11.7. The van der Waals surface area contributed by atoms with Crippen molar-refractivity contribution in [2.24, 2.45) is 0 Å². The van der Waals surface area contributed by atoms with Crippen molar-refractivity contribution < 1.29 is 18.4 Å². The number of hydrogen-bond donors (Lipinski definition) is 2. The van der Waals surface area contributed by atoms with Crippen LogP contribution in [0.5, 0.6) is 0 Å². The van der Waals surface area contributed by atoms with Crippen molar-refractivity contribution in [3.63, 3.8) is 0 Å². The summed E-state index contributed by atoms with van der Waals surface area (Å²) in [6.07, 6.45) is 1.28. The molecule has 0 aliphatic rings. The zero-order valence-electron chi connectivity index (χ0n) is 11.1. The van der Waals surface area contributed by atoms with Gasteiger partial charge in [0.05, 0.1) is 29.1 Å². The van der Waals surface area contributed by atoms with Gasteiger partial charge in [0.2, 0.25) is 0 Å². The highest BCUT2D eigenvalue weighted by atomic mass is 35.5. The molecule has 0 atom stereocenters. The van der Waals surface area contributed by atoms with E-state index in [0.717, 1.165) is 12.1 Å². The minimum atomic E-state index is -1.18. The van der Waals surface area contributed by atoms with E-state index in [0.29, 0.717) is 0 Å². The second kappa shape index (κ2) is 6.87. The smallest absolute Gasteiger partial charge is 0.277 e. The van der Waals surface area contributed by atoms with E-state index in [1.165, 1.54) is 19.4 Å². The number of rotatable bonds is 4. The highest BCUT2D eigenvalue weighted by molar-refractivity contribution is 6.34. The number of aromatic nitrogens is 1. The average molecular weight is 348 g/mol. The van der Waals surface area contributed by atoms with Gasteiger partial charge in [-0.25, -0.2) is 19.2 Å². The Kier molecular flexibility index (Phi) is 5.12. The second-order valence-electron chi connectivity index (χ2n) is 4.06. The largest absolute Gasteiger partial charge is 0.353 e. The normalized spacial score (nSPS) is 10.4. The molecule has 0 saturated heterocycles. The summed E-state index contributed by atoms with van der Waals surface area (Å²) in [6.45, 7) is 0. The maximum Gasteiger partial charge on any atom is 0.277 e. The third kappa shape index (κ3) is 3.62. The first-order valence-electron chi connectivity index (χ1n) is 5.82. The van der Waals surface area contributed by atoms with E-state index in [4.69, 9.17) is 23.2 Å². The molecule has 0 saturated carbocycles. The van der Waals surface area contributed by atoms with Crippen LogP contribution in [-0.2, 0) is 4.84 Å². The number of amides is 1. The summed E-state index contributed by atoms with van der Waals surface area (Å²) in [5, 5.41) is 3.03. The molecule has 9 heteroatoms. The third-order valence-electron chi connectivity index (χ3n) is 2.59. The maximum atomic E-state index is 13.4. The van der Waals surface area contributed by atoms with E-state index in [1.807, 2.05) is 5.48 Å². The Morgan fingerprint density at radius 3 is 2.55 bits per heavy atom. The molecule has 2 rings (SSSR count). The lowest BCUT2D eigenvalue weighted by Gasteiger charge is -2.13. The fourth-order valence-electron chi connectivity index (χ4n) is 1.64. The lowest BCUT2D eigenvalue weighted by molar-refractivity contribution is 0.0538. The van der Waals surface area contributed by atoms with E-state index in [-0.39, 0.29) is 27.1 Å². The molecule has 5 nitrogen and oxygen atoms in total. The number of carbonyl (C=O) groups excluding carboxylic acids is 1. The predicted octanol–water partition coefficient (Wildman–Crippen LogP) is 3.70. The van der Waals surface area contributed by atoms with Gasteiger partial charge < -0.3 is 5.32 Å². The van der Waals surface area contributed by atoms with Crippen LogP contribution in [0.2, 0.25) is 10.2 Å². The minimum Gasteiger partial charge on any atom is -0.353 e. The topological polar surface area (TPSA) is 63.2 Å². The number of pyridine rings is 1. The highest BCUT2D eigenvalue weighted by Gasteiger charge is 2.17. The summed E-state index contributed by atoms with van der Waals surface area (Å²) in [5.41, 5.74) is 2.11. The van der Waals surface area contributed by atoms with Crippen molar-refractivity contribution in [1.29, 1.82) is 0 Å². The Hall–Kier alpha value is -1.96. The Morgan fingerprint density at radius 1 is 1.18 bits per heavy atom. The molecule has 1 aromatic carbocycles. The van der Waals surface area contributed by atoms with Crippen molar-refractivity contribution in [2.45, 2.75) is 0 Å². The number of anilines is 2.